The molecule has 1 aromatic rings. The summed E-state index contributed by atoms with van der Waals surface area (Å²) in [5, 5.41) is 2.89. The normalized spacial score (nSPS) is 21.6. The van der Waals surface area contributed by atoms with Crippen LogP contribution in [0.2, 0.25) is 0 Å². The van der Waals surface area contributed by atoms with Crippen molar-refractivity contribution in [3.8, 4) is 0 Å². The molecule has 2 atom stereocenters. The van der Waals surface area contributed by atoms with Crippen LogP contribution in [0.25, 0.3) is 0 Å². The number of nitrogens with one attached hydrogen (secondary N) is 1. The SMILES string of the molecule is COC(=O)[C@H]1CCCC[C@@H]1NC(=O)Cc1cccc(F)c1. The first-order valence-corrected chi connectivity index (χ1v) is 7.22. The quantitative estimate of drug-likeness (QED) is 0.866. The van der Waals surface area contributed by atoms with E-state index in [1.807, 2.05) is 0 Å². The van der Waals surface area contributed by atoms with Gasteiger partial charge in [-0.3, -0.25) is 9.59 Å². The molecule has 1 aliphatic carbocycles. The minimum absolute atomic E-state index is 0.113. The highest BCUT2D eigenvalue weighted by Gasteiger charge is 2.32. The molecule has 1 N–H and O–H groups in total. The summed E-state index contributed by atoms with van der Waals surface area (Å²) in [5.74, 6) is -1.10. The van der Waals surface area contributed by atoms with Crippen molar-refractivity contribution in [2.75, 3.05) is 7.11 Å². The van der Waals surface area contributed by atoms with Crippen LogP contribution in [0.3, 0.4) is 0 Å². The Bertz CT molecular complexity index is 518. The molecule has 1 aliphatic rings. The molecule has 0 bridgehead atoms. The molecular weight excluding hydrogens is 273 g/mol. The van der Waals surface area contributed by atoms with Gasteiger partial charge in [-0.1, -0.05) is 25.0 Å². The number of esters is 1. The van der Waals surface area contributed by atoms with Gasteiger partial charge in [-0.05, 0) is 30.5 Å². The van der Waals surface area contributed by atoms with E-state index < -0.39 is 0 Å². The summed E-state index contributed by atoms with van der Waals surface area (Å²) in [5.41, 5.74) is 0.623. The Labute approximate surface area is 123 Å². The molecule has 5 heteroatoms. The highest BCUT2D eigenvalue weighted by molar-refractivity contribution is 5.80. The third-order valence-electron chi connectivity index (χ3n) is 3.87. The van der Waals surface area contributed by atoms with Crippen molar-refractivity contribution in [3.05, 3.63) is 35.6 Å². The van der Waals surface area contributed by atoms with Gasteiger partial charge in [0.1, 0.15) is 5.82 Å². The number of ether oxygens (including phenoxy) is 1. The Morgan fingerprint density at radius 3 is 2.81 bits per heavy atom. The molecular formula is C16H20FNO3. The van der Waals surface area contributed by atoms with Gasteiger partial charge in [0, 0.05) is 6.04 Å². The van der Waals surface area contributed by atoms with Crippen molar-refractivity contribution in [1.82, 2.24) is 5.32 Å². The number of amides is 1. The Kier molecular flexibility index (Phi) is 5.31. The van der Waals surface area contributed by atoms with Crippen LogP contribution in [-0.4, -0.2) is 25.0 Å². The third kappa shape index (κ3) is 4.28. The summed E-state index contributed by atoms with van der Waals surface area (Å²) in [7, 11) is 1.36. The van der Waals surface area contributed by atoms with E-state index in [4.69, 9.17) is 4.74 Å². The first-order chi connectivity index (χ1) is 10.1. The van der Waals surface area contributed by atoms with Gasteiger partial charge in [-0.2, -0.15) is 0 Å². The topological polar surface area (TPSA) is 55.4 Å². The fourth-order valence-electron chi connectivity index (χ4n) is 2.83. The van der Waals surface area contributed by atoms with Gasteiger partial charge < -0.3 is 10.1 Å². The van der Waals surface area contributed by atoms with Crippen molar-refractivity contribution in [1.29, 1.82) is 0 Å². The van der Waals surface area contributed by atoms with Gasteiger partial charge in [0.2, 0.25) is 5.91 Å². The Hall–Kier alpha value is -1.91. The summed E-state index contributed by atoms with van der Waals surface area (Å²) in [6.45, 7) is 0. The fraction of sp³-hybridized carbons (Fsp3) is 0.500. The second kappa shape index (κ2) is 7.20. The van der Waals surface area contributed by atoms with Gasteiger partial charge >= 0.3 is 5.97 Å². The number of hydrogen-bond acceptors (Lipinski definition) is 3. The molecule has 21 heavy (non-hydrogen) atoms. The Morgan fingerprint density at radius 1 is 1.33 bits per heavy atom. The molecule has 1 amide bonds. The monoisotopic (exact) mass is 293 g/mol. The van der Waals surface area contributed by atoms with E-state index >= 15 is 0 Å². The Morgan fingerprint density at radius 2 is 2.10 bits per heavy atom. The lowest BCUT2D eigenvalue weighted by Gasteiger charge is -2.30. The number of hydrogen-bond donors (Lipinski definition) is 1. The number of methoxy groups -OCH3 is 1. The van der Waals surface area contributed by atoms with Gasteiger partial charge in [0.25, 0.3) is 0 Å². The third-order valence-corrected chi connectivity index (χ3v) is 3.87. The van der Waals surface area contributed by atoms with Gasteiger partial charge in [0.15, 0.2) is 0 Å². The lowest BCUT2D eigenvalue weighted by atomic mass is 9.84. The number of halogens is 1. The number of carbonyl (C=O) groups is 2. The van der Waals surface area contributed by atoms with Crippen LogP contribution in [0.15, 0.2) is 24.3 Å². The highest BCUT2D eigenvalue weighted by atomic mass is 19.1. The lowest BCUT2D eigenvalue weighted by molar-refractivity contribution is -0.147. The van der Waals surface area contributed by atoms with Gasteiger partial charge in [-0.15, -0.1) is 0 Å². The highest BCUT2D eigenvalue weighted by Crippen LogP contribution is 2.25. The fourth-order valence-corrected chi connectivity index (χ4v) is 2.83. The summed E-state index contributed by atoms with van der Waals surface area (Å²) >= 11 is 0. The van der Waals surface area contributed by atoms with Crippen molar-refractivity contribution in [2.45, 2.75) is 38.1 Å². The van der Waals surface area contributed by atoms with E-state index in [1.54, 1.807) is 12.1 Å². The number of rotatable bonds is 4. The van der Waals surface area contributed by atoms with Crippen molar-refractivity contribution in [2.24, 2.45) is 5.92 Å². The summed E-state index contributed by atoms with van der Waals surface area (Å²) in [6.07, 6.45) is 3.57. The lowest BCUT2D eigenvalue weighted by Crippen LogP contribution is -2.45. The molecule has 114 valence electrons. The molecule has 0 aliphatic heterocycles. The smallest absolute Gasteiger partial charge is 0.310 e. The maximum atomic E-state index is 13.1. The minimum Gasteiger partial charge on any atom is -0.469 e. The number of benzene rings is 1. The minimum atomic E-state index is -0.356. The van der Waals surface area contributed by atoms with E-state index in [-0.39, 0.29) is 36.1 Å². The van der Waals surface area contributed by atoms with Crippen LogP contribution >= 0.6 is 0 Å². The predicted octanol–water partition coefficient (Wildman–Crippen LogP) is 2.22. The molecule has 0 heterocycles. The van der Waals surface area contributed by atoms with E-state index in [1.165, 1.54) is 19.2 Å². The molecule has 1 saturated carbocycles. The van der Waals surface area contributed by atoms with Crippen LogP contribution in [0.4, 0.5) is 4.39 Å². The maximum absolute atomic E-state index is 13.1. The molecule has 4 nitrogen and oxygen atoms in total. The zero-order chi connectivity index (χ0) is 15.2. The van der Waals surface area contributed by atoms with E-state index in [9.17, 15) is 14.0 Å². The van der Waals surface area contributed by atoms with E-state index in [0.717, 1.165) is 25.7 Å². The summed E-state index contributed by atoms with van der Waals surface area (Å²) in [6, 6.07) is 5.79. The van der Waals surface area contributed by atoms with Crippen LogP contribution < -0.4 is 5.32 Å². The first-order valence-electron chi connectivity index (χ1n) is 7.22. The standard InChI is InChI=1S/C16H20FNO3/c1-21-16(20)13-7-2-3-8-14(13)18-15(19)10-11-5-4-6-12(17)9-11/h4-6,9,13-14H,2-3,7-8,10H2,1H3,(H,18,19)/t13-,14-/m0/s1. The molecule has 0 aromatic heterocycles. The first kappa shape index (κ1) is 15.5. The Balaban J connectivity index is 1.95. The van der Waals surface area contributed by atoms with Crippen molar-refractivity contribution < 1.29 is 18.7 Å². The average Bonchev–Trinajstić information content (AvgIpc) is 2.47. The van der Waals surface area contributed by atoms with Crippen LogP contribution in [0, 0.1) is 11.7 Å². The molecule has 0 radical (unpaired) electrons. The van der Waals surface area contributed by atoms with E-state index in [0.29, 0.717) is 5.56 Å². The largest absolute Gasteiger partial charge is 0.469 e. The molecule has 0 spiro atoms. The molecule has 0 unspecified atom stereocenters. The van der Waals surface area contributed by atoms with Crippen LogP contribution in [0.5, 0.6) is 0 Å². The van der Waals surface area contributed by atoms with Crippen LogP contribution in [-0.2, 0) is 20.7 Å². The summed E-state index contributed by atoms with van der Waals surface area (Å²) in [4.78, 5) is 23.8. The maximum Gasteiger partial charge on any atom is 0.310 e. The zero-order valence-corrected chi connectivity index (χ0v) is 12.1. The molecule has 0 saturated heterocycles. The second-order valence-corrected chi connectivity index (χ2v) is 5.39. The number of carbonyl (C=O) groups excluding carboxylic acids is 2. The average molecular weight is 293 g/mol. The van der Waals surface area contributed by atoms with Crippen molar-refractivity contribution in [3.63, 3.8) is 0 Å². The van der Waals surface area contributed by atoms with Gasteiger partial charge in [-0.25, -0.2) is 4.39 Å². The van der Waals surface area contributed by atoms with Crippen LogP contribution in [0.1, 0.15) is 31.2 Å². The van der Waals surface area contributed by atoms with Crippen molar-refractivity contribution >= 4 is 11.9 Å². The second-order valence-electron chi connectivity index (χ2n) is 5.39. The van der Waals surface area contributed by atoms with Gasteiger partial charge in [0.05, 0.1) is 19.4 Å². The molecule has 1 fully saturated rings. The summed E-state index contributed by atoms with van der Waals surface area (Å²) < 4.78 is 17.9. The van der Waals surface area contributed by atoms with E-state index in [2.05, 4.69) is 5.32 Å². The molecule has 2 rings (SSSR count). The molecule has 1 aromatic carbocycles. The zero-order valence-electron chi connectivity index (χ0n) is 12.1. The predicted molar refractivity (Wildman–Crippen MR) is 76.0 cm³/mol.